The molecule has 0 fully saturated rings. The number of nitrogens with zero attached hydrogens (tertiary/aromatic N) is 2. The molecule has 0 heterocycles. The lowest BCUT2D eigenvalue weighted by Gasteiger charge is -2.36. The van der Waals surface area contributed by atoms with Gasteiger partial charge < -0.3 is 10.0 Å². The number of hydrogen-bond acceptors (Lipinski definition) is 4. The van der Waals surface area contributed by atoms with E-state index in [0.29, 0.717) is 19.5 Å². The summed E-state index contributed by atoms with van der Waals surface area (Å²) in [6.45, 7) is 3.00. The zero-order chi connectivity index (χ0) is 24.3. The van der Waals surface area contributed by atoms with Crippen molar-refractivity contribution in [2.75, 3.05) is 13.6 Å². The maximum absolute atomic E-state index is 13.7. The van der Waals surface area contributed by atoms with Crippen molar-refractivity contribution in [3.8, 4) is 0 Å². The number of hydrazine groups is 1. The summed E-state index contributed by atoms with van der Waals surface area (Å²) >= 11 is 0. The molecule has 3 aromatic carbocycles. The summed E-state index contributed by atoms with van der Waals surface area (Å²) in [7, 11) is 1.81. The second kappa shape index (κ2) is 12.7. The number of likely N-dealkylation sites (N-methyl/N-ethyl adjacent to an activating group) is 2. The van der Waals surface area contributed by atoms with Crippen molar-refractivity contribution in [1.82, 2.24) is 15.3 Å². The summed E-state index contributed by atoms with van der Waals surface area (Å²) in [4.78, 5) is 27.1. The van der Waals surface area contributed by atoms with Gasteiger partial charge in [0.2, 0.25) is 5.91 Å². The average Bonchev–Trinajstić information content (AvgIpc) is 2.86. The number of rotatable bonds is 12. The van der Waals surface area contributed by atoms with Crippen molar-refractivity contribution in [2.45, 2.75) is 38.4 Å². The Kier molecular flexibility index (Phi) is 9.38. The Labute approximate surface area is 201 Å². The number of nitrogens with one attached hydrogen (secondary N) is 1. The van der Waals surface area contributed by atoms with E-state index >= 15 is 0 Å². The minimum atomic E-state index is -0.899. The van der Waals surface area contributed by atoms with Gasteiger partial charge in [-0.05, 0) is 23.1 Å². The van der Waals surface area contributed by atoms with Crippen molar-refractivity contribution in [2.24, 2.45) is 0 Å². The van der Waals surface area contributed by atoms with Crippen molar-refractivity contribution >= 4 is 11.9 Å². The SMILES string of the molecule is CCN(NC(CC(=O)O)c1ccccc1)C(Cc1ccccc1)C(=O)N(C)Cc1ccccc1. The molecular weight excluding hydrogens is 426 g/mol. The lowest BCUT2D eigenvalue weighted by Crippen LogP contribution is -2.55. The molecule has 0 spiro atoms. The Balaban J connectivity index is 1.87. The predicted molar refractivity (Wildman–Crippen MR) is 134 cm³/mol. The number of hydrogen-bond donors (Lipinski definition) is 2. The van der Waals surface area contributed by atoms with Gasteiger partial charge in [-0.1, -0.05) is 97.9 Å². The first-order valence-corrected chi connectivity index (χ1v) is 11.6. The van der Waals surface area contributed by atoms with Crippen molar-refractivity contribution in [1.29, 1.82) is 0 Å². The Morgan fingerprint density at radius 2 is 1.38 bits per heavy atom. The minimum absolute atomic E-state index is 0.0239. The third-order valence-electron chi connectivity index (χ3n) is 5.81. The molecule has 0 aliphatic heterocycles. The fourth-order valence-electron chi connectivity index (χ4n) is 4.06. The molecule has 178 valence electrons. The Morgan fingerprint density at radius 3 is 1.91 bits per heavy atom. The van der Waals surface area contributed by atoms with Crippen LogP contribution >= 0.6 is 0 Å². The van der Waals surface area contributed by atoms with E-state index in [1.54, 1.807) is 4.90 Å². The first-order valence-electron chi connectivity index (χ1n) is 11.6. The van der Waals surface area contributed by atoms with Crippen LogP contribution in [-0.4, -0.2) is 46.5 Å². The van der Waals surface area contributed by atoms with Crippen LogP contribution < -0.4 is 5.43 Å². The van der Waals surface area contributed by atoms with Crippen molar-refractivity contribution in [3.05, 3.63) is 108 Å². The van der Waals surface area contributed by atoms with Crippen LogP contribution in [0.5, 0.6) is 0 Å². The molecule has 0 radical (unpaired) electrons. The molecule has 6 nitrogen and oxygen atoms in total. The molecule has 2 atom stereocenters. The second-order valence-electron chi connectivity index (χ2n) is 8.36. The van der Waals surface area contributed by atoms with Crippen LogP contribution in [0.1, 0.15) is 36.1 Å². The Hall–Kier alpha value is -3.48. The lowest BCUT2D eigenvalue weighted by atomic mass is 10.0. The van der Waals surface area contributed by atoms with E-state index in [2.05, 4.69) is 5.43 Å². The zero-order valence-electron chi connectivity index (χ0n) is 19.8. The molecule has 0 saturated heterocycles. The van der Waals surface area contributed by atoms with Crippen LogP contribution in [0.15, 0.2) is 91.0 Å². The zero-order valence-corrected chi connectivity index (χ0v) is 19.8. The molecule has 2 unspecified atom stereocenters. The van der Waals surface area contributed by atoms with Gasteiger partial charge in [-0.3, -0.25) is 9.59 Å². The van der Waals surface area contributed by atoms with E-state index in [0.717, 1.165) is 16.7 Å². The topological polar surface area (TPSA) is 72.9 Å². The first-order chi connectivity index (χ1) is 16.5. The van der Waals surface area contributed by atoms with Crippen LogP contribution in [0, 0.1) is 0 Å². The number of amides is 1. The van der Waals surface area contributed by atoms with Crippen LogP contribution in [-0.2, 0) is 22.6 Å². The Morgan fingerprint density at radius 1 is 0.853 bits per heavy atom. The van der Waals surface area contributed by atoms with Gasteiger partial charge in [0.25, 0.3) is 0 Å². The van der Waals surface area contributed by atoms with Gasteiger partial charge in [0.05, 0.1) is 12.5 Å². The standard InChI is InChI=1S/C28H33N3O3/c1-3-31(29-25(20-27(32)33)24-17-11-6-12-18-24)26(19-22-13-7-4-8-14-22)28(34)30(2)21-23-15-9-5-10-16-23/h4-18,25-26,29H,3,19-21H2,1-2H3,(H,32,33). The monoisotopic (exact) mass is 459 g/mol. The molecule has 0 aliphatic carbocycles. The van der Waals surface area contributed by atoms with E-state index in [9.17, 15) is 14.7 Å². The van der Waals surface area contributed by atoms with E-state index < -0.39 is 18.1 Å². The third kappa shape index (κ3) is 7.27. The molecule has 34 heavy (non-hydrogen) atoms. The second-order valence-corrected chi connectivity index (χ2v) is 8.36. The van der Waals surface area contributed by atoms with Crippen molar-refractivity contribution < 1.29 is 14.7 Å². The summed E-state index contributed by atoms with van der Waals surface area (Å²) in [6.07, 6.45) is 0.417. The van der Waals surface area contributed by atoms with Crippen molar-refractivity contribution in [3.63, 3.8) is 0 Å². The first kappa shape index (κ1) is 25.1. The number of carbonyl (C=O) groups is 2. The highest BCUT2D eigenvalue weighted by atomic mass is 16.4. The highest BCUT2D eigenvalue weighted by molar-refractivity contribution is 5.82. The van der Waals surface area contributed by atoms with E-state index in [4.69, 9.17) is 0 Å². The fourth-order valence-corrected chi connectivity index (χ4v) is 4.06. The summed E-state index contributed by atoms with van der Waals surface area (Å²) in [5.41, 5.74) is 6.35. The smallest absolute Gasteiger partial charge is 0.305 e. The number of carboxylic acids is 1. The molecule has 6 heteroatoms. The number of carbonyl (C=O) groups excluding carboxylic acids is 1. The predicted octanol–water partition coefficient (Wildman–Crippen LogP) is 4.30. The van der Waals surface area contributed by atoms with Gasteiger partial charge in [-0.15, -0.1) is 0 Å². The van der Waals surface area contributed by atoms with Crippen LogP contribution in [0.2, 0.25) is 0 Å². The van der Waals surface area contributed by atoms with Crippen LogP contribution in [0.4, 0.5) is 0 Å². The molecule has 0 bridgehead atoms. The van der Waals surface area contributed by atoms with Gasteiger partial charge in [0, 0.05) is 20.1 Å². The third-order valence-corrected chi connectivity index (χ3v) is 5.81. The highest BCUT2D eigenvalue weighted by Gasteiger charge is 2.30. The molecule has 3 aromatic rings. The lowest BCUT2D eigenvalue weighted by molar-refractivity contribution is -0.139. The molecular formula is C28H33N3O3. The van der Waals surface area contributed by atoms with Gasteiger partial charge in [0.1, 0.15) is 6.04 Å². The fraction of sp³-hybridized carbons (Fsp3) is 0.286. The largest absolute Gasteiger partial charge is 0.481 e. The van der Waals surface area contributed by atoms with Gasteiger partial charge in [-0.25, -0.2) is 10.4 Å². The van der Waals surface area contributed by atoms with Gasteiger partial charge in [-0.2, -0.15) is 0 Å². The maximum Gasteiger partial charge on any atom is 0.305 e. The average molecular weight is 460 g/mol. The van der Waals surface area contributed by atoms with E-state index in [-0.39, 0.29) is 12.3 Å². The van der Waals surface area contributed by atoms with Crippen LogP contribution in [0.25, 0.3) is 0 Å². The molecule has 3 rings (SSSR count). The quantitative estimate of drug-likeness (QED) is 0.395. The molecule has 0 saturated carbocycles. The summed E-state index contributed by atoms with van der Waals surface area (Å²) in [6, 6.07) is 28.3. The minimum Gasteiger partial charge on any atom is -0.481 e. The Bertz CT molecular complexity index is 1030. The number of benzene rings is 3. The van der Waals surface area contributed by atoms with E-state index in [1.165, 1.54) is 0 Å². The molecule has 0 aromatic heterocycles. The summed E-state index contributed by atoms with van der Waals surface area (Å²) in [5.74, 6) is -0.922. The summed E-state index contributed by atoms with van der Waals surface area (Å²) < 4.78 is 0. The number of aliphatic carboxylic acids is 1. The molecule has 2 N–H and O–H groups in total. The summed E-state index contributed by atoms with van der Waals surface area (Å²) in [5, 5.41) is 11.4. The van der Waals surface area contributed by atoms with Gasteiger partial charge >= 0.3 is 5.97 Å². The maximum atomic E-state index is 13.7. The van der Waals surface area contributed by atoms with Crippen LogP contribution in [0.3, 0.4) is 0 Å². The van der Waals surface area contributed by atoms with E-state index in [1.807, 2.05) is 110 Å². The highest BCUT2D eigenvalue weighted by Crippen LogP contribution is 2.20. The normalized spacial score (nSPS) is 12.8. The molecule has 1 amide bonds. The number of carboxylic acid groups (broad SMARTS) is 1. The molecule has 0 aliphatic rings. The van der Waals surface area contributed by atoms with Gasteiger partial charge in [0.15, 0.2) is 0 Å².